The van der Waals surface area contributed by atoms with Crippen molar-refractivity contribution >= 4 is 20.3 Å². The Balaban J connectivity index is 2.45. The maximum atomic E-state index is 10.4. The molecule has 0 radical (unpaired) electrons. The summed E-state index contributed by atoms with van der Waals surface area (Å²) in [5, 5.41) is 10.4. The topological polar surface area (TPSA) is 127 Å². The van der Waals surface area contributed by atoms with Crippen molar-refractivity contribution < 1.29 is 43.3 Å². The third kappa shape index (κ3) is 4.96. The van der Waals surface area contributed by atoms with Crippen LogP contribution in [0.5, 0.6) is 34.5 Å². The van der Waals surface area contributed by atoms with Crippen LogP contribution in [0.3, 0.4) is 0 Å². The molecule has 0 atom stereocenters. The van der Waals surface area contributed by atoms with Gasteiger partial charge in [-0.15, -0.1) is 0 Å². The van der Waals surface area contributed by atoms with Gasteiger partial charge in [-0.3, -0.25) is 0 Å². The molecule has 28 heavy (non-hydrogen) atoms. The molecule has 4 N–H and O–H groups in total. The molecule has 2 aromatic rings. The van der Waals surface area contributed by atoms with E-state index in [2.05, 4.69) is 0 Å². The van der Waals surface area contributed by atoms with Gasteiger partial charge < -0.3 is 0 Å². The summed E-state index contributed by atoms with van der Waals surface area (Å²) in [6.07, 6.45) is 3.22. The Labute approximate surface area is 162 Å². The van der Waals surface area contributed by atoms with Gasteiger partial charge in [0, 0.05) is 0 Å². The summed E-state index contributed by atoms with van der Waals surface area (Å²) in [6, 6.07) is 6.40. The Morgan fingerprint density at radius 3 is 1.79 bits per heavy atom. The molecule has 2 rings (SSSR count). The van der Waals surface area contributed by atoms with E-state index in [1.165, 1.54) is 40.6 Å². The van der Waals surface area contributed by atoms with Gasteiger partial charge in [-0.05, 0) is 0 Å². The number of hydrogen-bond acceptors (Lipinski definition) is 9. The van der Waals surface area contributed by atoms with Crippen molar-refractivity contribution in [3.05, 3.63) is 35.4 Å². The SMILES string of the molecule is COc1cc(/C=C\c2ccc(OC)c(O[PH](O)(O)O)c2O)cc(OC)c1OC. The third-order valence-corrected chi connectivity index (χ3v) is 4.21. The summed E-state index contributed by atoms with van der Waals surface area (Å²) in [4.78, 5) is 27.5. The van der Waals surface area contributed by atoms with Crippen LogP contribution in [0.4, 0.5) is 0 Å². The predicted molar refractivity (Wildman–Crippen MR) is 105 cm³/mol. The zero-order valence-corrected chi connectivity index (χ0v) is 16.8. The molecule has 0 aliphatic carbocycles. The molecule has 2 aromatic carbocycles. The Morgan fingerprint density at radius 2 is 1.32 bits per heavy atom. The monoisotopic (exact) mass is 414 g/mol. The molecule has 0 saturated carbocycles. The van der Waals surface area contributed by atoms with E-state index in [1.807, 2.05) is 0 Å². The molecule has 0 aliphatic rings. The fourth-order valence-corrected chi connectivity index (χ4v) is 2.95. The van der Waals surface area contributed by atoms with Crippen molar-refractivity contribution in [1.82, 2.24) is 0 Å². The fourth-order valence-electron chi connectivity index (χ4n) is 2.48. The first-order valence-electron chi connectivity index (χ1n) is 7.98. The van der Waals surface area contributed by atoms with Gasteiger partial charge in [-0.25, -0.2) is 0 Å². The zero-order valence-electron chi connectivity index (χ0n) is 15.8. The molecule has 0 saturated heterocycles. The second-order valence-corrected chi connectivity index (χ2v) is 6.85. The van der Waals surface area contributed by atoms with Crippen LogP contribution >= 0.6 is 8.17 Å². The van der Waals surface area contributed by atoms with Crippen LogP contribution in [0.25, 0.3) is 12.2 Å². The third-order valence-electron chi connectivity index (χ3n) is 3.73. The summed E-state index contributed by atoms with van der Waals surface area (Å²) in [5.41, 5.74) is 0.963. The second-order valence-electron chi connectivity index (χ2n) is 5.50. The van der Waals surface area contributed by atoms with Gasteiger partial charge in [-0.2, -0.15) is 0 Å². The maximum absolute atomic E-state index is 10.4. The molecule has 0 aliphatic heterocycles. The van der Waals surface area contributed by atoms with E-state index in [4.69, 9.17) is 23.5 Å². The normalized spacial score (nSPS) is 12.0. The molecule has 0 spiro atoms. The van der Waals surface area contributed by atoms with E-state index in [-0.39, 0.29) is 17.1 Å². The molecule has 0 amide bonds. The molecular weight excluding hydrogens is 391 g/mol. The Morgan fingerprint density at radius 1 is 0.750 bits per heavy atom. The number of phenols is 1. The Kier molecular flexibility index (Phi) is 6.93. The minimum absolute atomic E-state index is 0.0245. The zero-order chi connectivity index (χ0) is 20.9. The van der Waals surface area contributed by atoms with Gasteiger partial charge in [0.15, 0.2) is 0 Å². The van der Waals surface area contributed by atoms with Gasteiger partial charge in [0.2, 0.25) is 0 Å². The number of ether oxygens (including phenoxy) is 4. The second kappa shape index (κ2) is 8.99. The molecule has 0 heterocycles. The van der Waals surface area contributed by atoms with E-state index < -0.39 is 13.9 Å². The first-order chi connectivity index (χ1) is 13.2. The van der Waals surface area contributed by atoms with E-state index in [0.717, 1.165) is 0 Å². The van der Waals surface area contributed by atoms with E-state index in [0.29, 0.717) is 22.8 Å². The van der Waals surface area contributed by atoms with Gasteiger partial charge in [0.1, 0.15) is 0 Å². The van der Waals surface area contributed by atoms with Gasteiger partial charge in [0.05, 0.1) is 0 Å². The first-order valence-corrected chi connectivity index (χ1v) is 9.73. The molecule has 154 valence electrons. The van der Waals surface area contributed by atoms with Gasteiger partial charge in [-0.1, -0.05) is 0 Å². The summed E-state index contributed by atoms with van der Waals surface area (Å²) in [5.74, 6) is 0.574. The number of hydrogen-bond donors (Lipinski definition) is 4. The molecule has 10 heteroatoms. The first kappa shape index (κ1) is 21.6. The van der Waals surface area contributed by atoms with Crippen LogP contribution in [-0.2, 0) is 0 Å². The number of aromatic hydroxyl groups is 1. The Hall–Kier alpha value is -2.71. The number of benzene rings is 2. The van der Waals surface area contributed by atoms with Crippen LogP contribution in [0.1, 0.15) is 11.1 Å². The molecule has 0 unspecified atom stereocenters. The van der Waals surface area contributed by atoms with Crippen LogP contribution in [-0.4, -0.2) is 48.2 Å². The fraction of sp³-hybridized carbons (Fsp3) is 0.222. The summed E-state index contributed by atoms with van der Waals surface area (Å²) < 4.78 is 25.6. The van der Waals surface area contributed by atoms with Crippen LogP contribution < -0.4 is 23.5 Å². The number of methoxy groups -OCH3 is 4. The van der Waals surface area contributed by atoms with Crippen molar-refractivity contribution in [3.63, 3.8) is 0 Å². The van der Waals surface area contributed by atoms with Crippen molar-refractivity contribution in [1.29, 1.82) is 0 Å². The van der Waals surface area contributed by atoms with Gasteiger partial charge >= 0.3 is 162 Å². The minimum atomic E-state index is -4.93. The molecule has 9 nitrogen and oxygen atoms in total. The average molecular weight is 414 g/mol. The van der Waals surface area contributed by atoms with Crippen molar-refractivity contribution in [2.24, 2.45) is 0 Å². The molecule has 0 aromatic heterocycles. The van der Waals surface area contributed by atoms with Crippen LogP contribution in [0.15, 0.2) is 24.3 Å². The quantitative estimate of drug-likeness (QED) is 0.380. The van der Waals surface area contributed by atoms with E-state index in [1.54, 1.807) is 24.3 Å². The number of rotatable bonds is 8. The van der Waals surface area contributed by atoms with Crippen molar-refractivity contribution in [2.75, 3.05) is 28.4 Å². The summed E-state index contributed by atoms with van der Waals surface area (Å²) >= 11 is 0. The van der Waals surface area contributed by atoms with Gasteiger partial charge in [0.25, 0.3) is 0 Å². The van der Waals surface area contributed by atoms with Crippen molar-refractivity contribution in [3.8, 4) is 34.5 Å². The van der Waals surface area contributed by atoms with E-state index >= 15 is 0 Å². The Bertz CT molecular complexity index is 834. The average Bonchev–Trinajstić information content (AvgIpc) is 2.66. The molecular formula is C18H23O9P. The van der Waals surface area contributed by atoms with E-state index in [9.17, 15) is 19.8 Å². The molecule has 0 fully saturated rings. The summed E-state index contributed by atoms with van der Waals surface area (Å²) in [7, 11) is 0.871. The standard InChI is InChI=1S/C18H23O9P/c1-23-13-8-7-12(16(19)18(13)27-28(20,21)22)6-5-11-9-14(24-2)17(26-4)15(10-11)25-3/h5-10,19-22,28H,1-4H3/b6-5-. The van der Waals surface area contributed by atoms with Crippen molar-refractivity contribution in [2.45, 2.75) is 0 Å². The molecule has 0 bridgehead atoms. The number of phenolic OH excluding ortho intramolecular Hbond substituents is 1. The van der Waals surface area contributed by atoms with Crippen LogP contribution in [0.2, 0.25) is 0 Å². The predicted octanol–water partition coefficient (Wildman–Crippen LogP) is 2.36. The summed E-state index contributed by atoms with van der Waals surface area (Å²) in [6.45, 7) is 0. The van der Waals surface area contributed by atoms with Crippen LogP contribution in [0, 0.1) is 0 Å².